The van der Waals surface area contributed by atoms with Crippen molar-refractivity contribution in [2.75, 3.05) is 23.8 Å². The number of phenolic OH excluding ortho intramolecular Hbond substituents is 1. The molecular weight excluding hydrogens is 350 g/mol. The molecule has 1 amide bonds. The molecule has 0 saturated heterocycles. The lowest BCUT2D eigenvalue weighted by molar-refractivity contribution is 0.0960. The number of anilines is 3. The Balaban J connectivity index is 2.00. The van der Waals surface area contributed by atoms with Crippen LogP contribution < -0.4 is 15.5 Å². The molecule has 3 N–H and O–H groups in total. The number of hydrogen-bond acceptors (Lipinski definition) is 4. The van der Waals surface area contributed by atoms with Crippen LogP contribution in [0.1, 0.15) is 31.1 Å². The van der Waals surface area contributed by atoms with Crippen LogP contribution in [-0.4, -0.2) is 30.6 Å². The Hall–Kier alpha value is -3.21. The summed E-state index contributed by atoms with van der Waals surface area (Å²) in [6, 6.07) is 17.9. The Morgan fingerprint density at radius 2 is 1.71 bits per heavy atom. The van der Waals surface area contributed by atoms with Crippen LogP contribution in [0.15, 0.2) is 54.6 Å². The summed E-state index contributed by atoms with van der Waals surface area (Å²) in [5, 5.41) is 18.0. The molecule has 0 aliphatic heterocycles. The van der Waals surface area contributed by atoms with Crippen molar-refractivity contribution in [1.29, 1.82) is 0 Å². The largest absolute Gasteiger partial charge is 0.506 e. The second kappa shape index (κ2) is 8.21. The van der Waals surface area contributed by atoms with E-state index in [4.69, 9.17) is 0 Å². The number of hydrogen-bond donors (Lipinski definition) is 3. The number of nitrogens with one attached hydrogen (secondary N) is 2. The number of phenols is 1. The molecule has 3 aromatic carbocycles. The van der Waals surface area contributed by atoms with Gasteiger partial charge in [0.1, 0.15) is 5.75 Å². The fourth-order valence-electron chi connectivity index (χ4n) is 3.51. The minimum absolute atomic E-state index is 0.00799. The molecule has 0 bridgehead atoms. The fourth-order valence-corrected chi connectivity index (χ4v) is 3.51. The molecule has 3 rings (SSSR count). The summed E-state index contributed by atoms with van der Waals surface area (Å²) in [5.74, 6) is -0.330. The van der Waals surface area contributed by atoms with Gasteiger partial charge < -0.3 is 20.6 Å². The lowest BCUT2D eigenvalue weighted by atomic mass is 10.0. The molecule has 0 heterocycles. The Kier molecular flexibility index (Phi) is 5.73. The van der Waals surface area contributed by atoms with E-state index in [-0.39, 0.29) is 17.2 Å². The van der Waals surface area contributed by atoms with E-state index in [1.54, 1.807) is 13.1 Å². The van der Waals surface area contributed by atoms with Gasteiger partial charge in [0.2, 0.25) is 0 Å². The van der Waals surface area contributed by atoms with Gasteiger partial charge in [0, 0.05) is 47.5 Å². The van der Waals surface area contributed by atoms with Crippen molar-refractivity contribution in [3.8, 4) is 5.75 Å². The molecule has 0 unspecified atom stereocenters. The zero-order chi connectivity index (χ0) is 20.3. The van der Waals surface area contributed by atoms with Crippen LogP contribution >= 0.6 is 0 Å². The average molecular weight is 377 g/mol. The molecule has 5 nitrogen and oxygen atoms in total. The first-order chi connectivity index (χ1) is 13.5. The quantitative estimate of drug-likeness (QED) is 0.536. The van der Waals surface area contributed by atoms with E-state index in [0.29, 0.717) is 11.4 Å². The summed E-state index contributed by atoms with van der Waals surface area (Å²) in [6.45, 7) is 7.45. The van der Waals surface area contributed by atoms with Gasteiger partial charge in [0.25, 0.3) is 5.91 Å². The smallest absolute Gasteiger partial charge is 0.254 e. The predicted molar refractivity (Wildman–Crippen MR) is 117 cm³/mol. The van der Waals surface area contributed by atoms with Crippen molar-refractivity contribution in [2.45, 2.75) is 26.8 Å². The third-order valence-electron chi connectivity index (χ3n) is 4.93. The van der Waals surface area contributed by atoms with Crippen LogP contribution in [0.5, 0.6) is 5.75 Å². The molecule has 5 heteroatoms. The van der Waals surface area contributed by atoms with Crippen molar-refractivity contribution < 1.29 is 9.90 Å². The van der Waals surface area contributed by atoms with Crippen molar-refractivity contribution in [3.05, 3.63) is 60.2 Å². The third-order valence-corrected chi connectivity index (χ3v) is 4.93. The number of rotatable bonds is 6. The van der Waals surface area contributed by atoms with E-state index in [2.05, 4.69) is 48.4 Å². The summed E-state index contributed by atoms with van der Waals surface area (Å²) >= 11 is 0. The number of fused-ring (bicyclic) bond motifs is 1. The van der Waals surface area contributed by atoms with E-state index in [1.165, 1.54) is 5.69 Å². The molecule has 3 aromatic rings. The van der Waals surface area contributed by atoms with Crippen molar-refractivity contribution in [2.24, 2.45) is 0 Å². The number of benzene rings is 3. The Labute approximate surface area is 166 Å². The van der Waals surface area contributed by atoms with Gasteiger partial charge in [-0.25, -0.2) is 0 Å². The fraction of sp³-hybridized carbons (Fsp3) is 0.261. The first kappa shape index (κ1) is 19.5. The first-order valence-electron chi connectivity index (χ1n) is 9.56. The highest BCUT2D eigenvalue weighted by Crippen LogP contribution is 2.36. The first-order valence-corrected chi connectivity index (χ1v) is 9.56. The lowest BCUT2D eigenvalue weighted by Gasteiger charge is -2.27. The van der Waals surface area contributed by atoms with Gasteiger partial charge in [-0.05, 0) is 51.1 Å². The Morgan fingerprint density at radius 1 is 1.07 bits per heavy atom. The molecule has 0 spiro atoms. The number of aromatic hydroxyl groups is 1. The summed E-state index contributed by atoms with van der Waals surface area (Å²) in [6.07, 6.45) is 0. The maximum absolute atomic E-state index is 12.2. The van der Waals surface area contributed by atoms with E-state index >= 15 is 0 Å². The van der Waals surface area contributed by atoms with Crippen LogP contribution in [0.3, 0.4) is 0 Å². The average Bonchev–Trinajstić information content (AvgIpc) is 2.71. The van der Waals surface area contributed by atoms with Gasteiger partial charge in [-0.2, -0.15) is 0 Å². The predicted octanol–water partition coefficient (Wildman–Crippen LogP) is 4.88. The van der Waals surface area contributed by atoms with E-state index in [1.807, 2.05) is 36.4 Å². The van der Waals surface area contributed by atoms with E-state index < -0.39 is 0 Å². The summed E-state index contributed by atoms with van der Waals surface area (Å²) in [5.41, 5.74) is 3.11. The van der Waals surface area contributed by atoms with Gasteiger partial charge in [-0.15, -0.1) is 0 Å². The second-order valence-corrected chi connectivity index (χ2v) is 7.00. The molecule has 0 aromatic heterocycles. The standard InChI is InChI=1S/C23H27N3O2/c1-5-26(15(2)3)17-12-10-16(11-13-17)25-21-14-20(23(28)24-4)22(27)19-9-7-6-8-18(19)21/h6-15,25,27H,5H2,1-4H3,(H,24,28). The van der Waals surface area contributed by atoms with Crippen LogP contribution in [0.2, 0.25) is 0 Å². The van der Waals surface area contributed by atoms with Crippen LogP contribution in [0.25, 0.3) is 10.8 Å². The van der Waals surface area contributed by atoms with Crippen LogP contribution in [-0.2, 0) is 0 Å². The highest BCUT2D eigenvalue weighted by atomic mass is 16.3. The van der Waals surface area contributed by atoms with Gasteiger partial charge in [0.15, 0.2) is 0 Å². The van der Waals surface area contributed by atoms with Crippen molar-refractivity contribution >= 4 is 33.7 Å². The van der Waals surface area contributed by atoms with E-state index in [0.717, 1.165) is 23.3 Å². The molecule has 0 aliphatic carbocycles. The van der Waals surface area contributed by atoms with Gasteiger partial charge >= 0.3 is 0 Å². The molecule has 0 aliphatic rings. The Morgan fingerprint density at radius 3 is 2.29 bits per heavy atom. The highest BCUT2D eigenvalue weighted by Gasteiger charge is 2.16. The summed E-state index contributed by atoms with van der Waals surface area (Å²) in [7, 11) is 1.55. The number of carbonyl (C=O) groups is 1. The lowest BCUT2D eigenvalue weighted by Crippen LogP contribution is -2.30. The SMILES string of the molecule is CCN(c1ccc(Nc2cc(C(=O)NC)c(O)c3ccccc23)cc1)C(C)C. The van der Waals surface area contributed by atoms with Crippen molar-refractivity contribution in [1.82, 2.24) is 5.32 Å². The minimum Gasteiger partial charge on any atom is -0.506 e. The summed E-state index contributed by atoms with van der Waals surface area (Å²) < 4.78 is 0. The zero-order valence-electron chi connectivity index (χ0n) is 16.8. The highest BCUT2D eigenvalue weighted by molar-refractivity contribution is 6.08. The van der Waals surface area contributed by atoms with Crippen molar-refractivity contribution in [3.63, 3.8) is 0 Å². The number of nitrogens with zero attached hydrogens (tertiary/aromatic N) is 1. The van der Waals surface area contributed by atoms with Gasteiger partial charge in [-0.3, -0.25) is 4.79 Å². The molecule has 28 heavy (non-hydrogen) atoms. The maximum Gasteiger partial charge on any atom is 0.254 e. The van der Waals surface area contributed by atoms with Gasteiger partial charge in [0.05, 0.1) is 5.56 Å². The Bertz CT molecular complexity index is 981. The topological polar surface area (TPSA) is 64.6 Å². The van der Waals surface area contributed by atoms with E-state index in [9.17, 15) is 9.90 Å². The van der Waals surface area contributed by atoms with Crippen LogP contribution in [0, 0.1) is 0 Å². The molecule has 0 fully saturated rings. The van der Waals surface area contributed by atoms with Gasteiger partial charge in [-0.1, -0.05) is 24.3 Å². The second-order valence-electron chi connectivity index (χ2n) is 7.00. The minimum atomic E-state index is -0.322. The maximum atomic E-state index is 12.2. The molecule has 0 saturated carbocycles. The zero-order valence-corrected chi connectivity index (χ0v) is 16.8. The molecule has 146 valence electrons. The summed E-state index contributed by atoms with van der Waals surface area (Å²) in [4.78, 5) is 14.5. The number of carbonyl (C=O) groups excluding carboxylic acids is 1. The molecule has 0 radical (unpaired) electrons. The molecule has 0 atom stereocenters. The molecular formula is C23H27N3O2. The normalized spacial score (nSPS) is 10.9. The third kappa shape index (κ3) is 3.74. The number of amides is 1. The monoisotopic (exact) mass is 377 g/mol. The van der Waals surface area contributed by atoms with Crippen LogP contribution in [0.4, 0.5) is 17.1 Å².